The van der Waals surface area contributed by atoms with Gasteiger partial charge in [0.15, 0.2) is 0 Å². The first kappa shape index (κ1) is 12.5. The summed E-state index contributed by atoms with van der Waals surface area (Å²) in [6, 6.07) is 8.21. The van der Waals surface area contributed by atoms with Crippen molar-refractivity contribution < 1.29 is 9.53 Å². The first-order valence-electron chi connectivity index (χ1n) is 4.84. The van der Waals surface area contributed by atoms with E-state index in [4.69, 9.17) is 21.6 Å². The van der Waals surface area contributed by atoms with Gasteiger partial charge in [-0.25, -0.2) is 4.79 Å². The molecule has 0 saturated carbocycles. The smallest absolute Gasteiger partial charge is 0.338 e. The van der Waals surface area contributed by atoms with E-state index in [9.17, 15) is 4.79 Å². The summed E-state index contributed by atoms with van der Waals surface area (Å²) in [7, 11) is 0. The van der Waals surface area contributed by atoms with E-state index in [0.717, 1.165) is 11.5 Å². The molecule has 0 atom stereocenters. The zero-order valence-corrected chi connectivity index (χ0v) is 10.5. The molecule has 0 aliphatic carbocycles. The molecule has 0 aliphatic rings. The number of hydrogen-bond acceptors (Lipinski definition) is 6. The van der Waals surface area contributed by atoms with Crippen molar-refractivity contribution in [1.29, 1.82) is 5.26 Å². The van der Waals surface area contributed by atoms with Crippen LogP contribution in [0, 0.1) is 11.3 Å². The van der Waals surface area contributed by atoms with Gasteiger partial charge in [0.05, 0.1) is 17.2 Å². The fourth-order valence-electron chi connectivity index (χ4n) is 1.22. The Morgan fingerprint density at radius 3 is 3.06 bits per heavy atom. The first-order chi connectivity index (χ1) is 8.70. The lowest BCUT2D eigenvalue weighted by Gasteiger charge is -2.02. The van der Waals surface area contributed by atoms with Crippen molar-refractivity contribution in [2.75, 3.05) is 0 Å². The molecular formula is C11H6ClN3O2S. The van der Waals surface area contributed by atoms with Gasteiger partial charge in [-0.3, -0.25) is 0 Å². The Kier molecular flexibility index (Phi) is 3.87. The van der Waals surface area contributed by atoms with Gasteiger partial charge in [-0.2, -0.15) is 5.26 Å². The number of carbonyl (C=O) groups excluding carboxylic acids is 1. The lowest BCUT2D eigenvalue weighted by molar-refractivity contribution is 0.0468. The third-order valence-electron chi connectivity index (χ3n) is 2.08. The zero-order chi connectivity index (χ0) is 13.0. The summed E-state index contributed by atoms with van der Waals surface area (Å²) in [6.07, 6.45) is 0. The Labute approximate surface area is 112 Å². The van der Waals surface area contributed by atoms with Gasteiger partial charge in [-0.05, 0) is 18.2 Å². The molecule has 90 valence electrons. The normalized spacial score (nSPS) is 9.78. The highest BCUT2D eigenvalue weighted by molar-refractivity contribution is 7.10. The highest BCUT2D eigenvalue weighted by atomic mass is 35.5. The molecule has 2 rings (SSSR count). The molecule has 0 amide bonds. The number of benzene rings is 1. The Balaban J connectivity index is 2.04. The second kappa shape index (κ2) is 5.58. The molecule has 7 heteroatoms. The number of aromatic nitrogens is 2. The summed E-state index contributed by atoms with van der Waals surface area (Å²) in [5, 5.41) is 12.4. The molecule has 1 aromatic heterocycles. The third kappa shape index (κ3) is 2.83. The molecule has 5 nitrogen and oxygen atoms in total. The monoisotopic (exact) mass is 279 g/mol. The van der Waals surface area contributed by atoms with Crippen molar-refractivity contribution in [2.24, 2.45) is 0 Å². The summed E-state index contributed by atoms with van der Waals surface area (Å²) in [4.78, 5) is 11.7. The topological polar surface area (TPSA) is 75.9 Å². The summed E-state index contributed by atoms with van der Waals surface area (Å²) in [6.45, 7) is -0.0368. The van der Waals surface area contributed by atoms with Gasteiger partial charge >= 0.3 is 5.97 Å². The number of hydrogen-bond donors (Lipinski definition) is 0. The maximum atomic E-state index is 11.7. The van der Waals surface area contributed by atoms with Crippen LogP contribution in [0.5, 0.6) is 0 Å². The van der Waals surface area contributed by atoms with Crippen molar-refractivity contribution in [2.45, 2.75) is 6.61 Å². The van der Waals surface area contributed by atoms with Crippen LogP contribution < -0.4 is 0 Å². The number of rotatable bonds is 3. The van der Waals surface area contributed by atoms with E-state index >= 15 is 0 Å². The van der Waals surface area contributed by atoms with Crippen LogP contribution in [-0.4, -0.2) is 15.6 Å². The van der Waals surface area contributed by atoms with Crippen molar-refractivity contribution in [1.82, 2.24) is 9.59 Å². The molecule has 0 aliphatic heterocycles. The average molecular weight is 280 g/mol. The van der Waals surface area contributed by atoms with Crippen LogP contribution in [0.4, 0.5) is 0 Å². The summed E-state index contributed by atoms with van der Waals surface area (Å²) in [5.41, 5.74) is 1.14. The lowest BCUT2D eigenvalue weighted by atomic mass is 10.1. The fraction of sp³-hybridized carbons (Fsp3) is 0.0909. The largest absolute Gasteiger partial charge is 0.455 e. The molecular weight excluding hydrogens is 274 g/mol. The summed E-state index contributed by atoms with van der Waals surface area (Å²) >= 11 is 6.80. The van der Waals surface area contributed by atoms with Crippen LogP contribution in [0.2, 0.25) is 4.34 Å². The predicted octanol–water partition coefficient (Wildman–Crippen LogP) is 2.42. The van der Waals surface area contributed by atoms with E-state index in [1.807, 2.05) is 6.07 Å². The molecule has 0 spiro atoms. The fourth-order valence-corrected chi connectivity index (χ4v) is 1.82. The third-order valence-corrected chi connectivity index (χ3v) is 3.06. The van der Waals surface area contributed by atoms with Crippen molar-refractivity contribution in [3.63, 3.8) is 0 Å². The highest BCUT2D eigenvalue weighted by Crippen LogP contribution is 2.18. The number of ether oxygens (including phenoxy) is 1. The predicted molar refractivity (Wildman–Crippen MR) is 65.2 cm³/mol. The van der Waals surface area contributed by atoms with Gasteiger partial charge in [-0.1, -0.05) is 22.2 Å². The van der Waals surface area contributed by atoms with Gasteiger partial charge in [0, 0.05) is 11.5 Å². The molecule has 0 fully saturated rings. The summed E-state index contributed by atoms with van der Waals surface area (Å²) in [5.74, 6) is -0.531. The van der Waals surface area contributed by atoms with E-state index in [1.54, 1.807) is 18.2 Å². The van der Waals surface area contributed by atoms with Gasteiger partial charge in [0.2, 0.25) is 0 Å². The quantitative estimate of drug-likeness (QED) is 0.807. The first-order valence-corrected chi connectivity index (χ1v) is 6.00. The molecule has 0 unspecified atom stereocenters. The van der Waals surface area contributed by atoms with Crippen LogP contribution in [0.25, 0.3) is 0 Å². The van der Waals surface area contributed by atoms with Gasteiger partial charge in [0.25, 0.3) is 0 Å². The number of halogens is 1. The Hall–Kier alpha value is -1.97. The minimum absolute atomic E-state index is 0.0368. The van der Waals surface area contributed by atoms with E-state index in [2.05, 4.69) is 9.59 Å². The minimum atomic E-state index is -0.531. The number of nitrogens with zero attached hydrogens (tertiary/aromatic N) is 3. The van der Waals surface area contributed by atoms with Gasteiger partial charge in [-0.15, -0.1) is 5.10 Å². The van der Waals surface area contributed by atoms with Crippen LogP contribution in [0.3, 0.4) is 0 Å². The maximum Gasteiger partial charge on any atom is 0.338 e. The summed E-state index contributed by atoms with van der Waals surface area (Å²) < 4.78 is 9.05. The number of carbonyl (C=O) groups is 1. The van der Waals surface area contributed by atoms with Crippen molar-refractivity contribution in [3.8, 4) is 6.07 Å². The van der Waals surface area contributed by atoms with Crippen LogP contribution in [0.15, 0.2) is 24.3 Å². The van der Waals surface area contributed by atoms with Gasteiger partial charge in [0.1, 0.15) is 16.6 Å². The highest BCUT2D eigenvalue weighted by Gasteiger charge is 2.11. The second-order valence-corrected chi connectivity index (χ2v) is 4.62. The van der Waals surface area contributed by atoms with E-state index in [0.29, 0.717) is 21.2 Å². The Bertz CT molecular complexity index is 621. The molecule has 0 bridgehead atoms. The molecule has 1 heterocycles. The van der Waals surface area contributed by atoms with E-state index in [1.165, 1.54) is 6.07 Å². The van der Waals surface area contributed by atoms with E-state index in [-0.39, 0.29) is 6.61 Å². The van der Waals surface area contributed by atoms with E-state index < -0.39 is 5.97 Å². The molecule has 0 saturated heterocycles. The van der Waals surface area contributed by atoms with Crippen molar-refractivity contribution >= 4 is 29.1 Å². The van der Waals surface area contributed by atoms with Crippen LogP contribution in [-0.2, 0) is 11.3 Å². The van der Waals surface area contributed by atoms with Gasteiger partial charge < -0.3 is 4.74 Å². The Morgan fingerprint density at radius 1 is 1.56 bits per heavy atom. The lowest BCUT2D eigenvalue weighted by Crippen LogP contribution is -2.06. The zero-order valence-electron chi connectivity index (χ0n) is 8.96. The van der Waals surface area contributed by atoms with Crippen LogP contribution in [0.1, 0.15) is 21.6 Å². The average Bonchev–Trinajstić information content (AvgIpc) is 2.81. The molecule has 0 radical (unpaired) electrons. The number of nitriles is 1. The number of esters is 1. The Morgan fingerprint density at radius 2 is 2.39 bits per heavy atom. The molecule has 18 heavy (non-hydrogen) atoms. The SMILES string of the molecule is N#Cc1cccc(C(=O)OCc2nnsc2Cl)c1. The molecule has 0 N–H and O–H groups in total. The molecule has 2 aromatic rings. The standard InChI is InChI=1S/C11H6ClN3O2S/c12-10-9(14-15-18-10)6-17-11(16)8-3-1-2-7(4-8)5-13/h1-4H,6H2. The minimum Gasteiger partial charge on any atom is -0.455 e. The van der Waals surface area contributed by atoms with Crippen LogP contribution >= 0.6 is 23.1 Å². The molecule has 1 aromatic carbocycles. The second-order valence-electron chi connectivity index (χ2n) is 3.26. The van der Waals surface area contributed by atoms with Crippen molar-refractivity contribution in [3.05, 3.63) is 45.4 Å². The maximum absolute atomic E-state index is 11.7.